The lowest BCUT2D eigenvalue weighted by molar-refractivity contribution is -0.151. The number of unbranched alkanes of at least 4 members (excludes halogenated alkanes) is 2. The predicted octanol–water partition coefficient (Wildman–Crippen LogP) is 1.35. The number of ether oxygens (including phenoxy) is 2. The van der Waals surface area contributed by atoms with E-state index in [2.05, 4.69) is 13.8 Å². The summed E-state index contributed by atoms with van der Waals surface area (Å²) in [5, 5.41) is 31.3. The van der Waals surface area contributed by atoms with Crippen molar-refractivity contribution in [3.8, 4) is 0 Å². The van der Waals surface area contributed by atoms with Gasteiger partial charge in [-0.2, -0.15) is 8.42 Å². The first-order chi connectivity index (χ1) is 19.9. The van der Waals surface area contributed by atoms with Crippen LogP contribution >= 0.6 is 0 Å². The van der Waals surface area contributed by atoms with Crippen molar-refractivity contribution in [3.63, 3.8) is 0 Å². The van der Waals surface area contributed by atoms with Crippen molar-refractivity contribution in [2.45, 2.75) is 90.7 Å². The van der Waals surface area contributed by atoms with E-state index in [4.69, 9.17) is 35.6 Å². The maximum Gasteiger partial charge on any atom is 0.327 e. The third kappa shape index (κ3) is 27.4. The van der Waals surface area contributed by atoms with Crippen LogP contribution in [0.5, 0.6) is 0 Å². The van der Waals surface area contributed by atoms with Crippen molar-refractivity contribution >= 4 is 22.1 Å². The Morgan fingerprint density at radius 3 is 1.48 bits per heavy atom. The zero-order valence-corrected chi connectivity index (χ0v) is 27.1. The smallest absolute Gasteiger partial charge is 0.327 e. The third-order valence-corrected chi connectivity index (χ3v) is 7.46. The molecule has 0 bridgehead atoms. The van der Waals surface area contributed by atoms with E-state index >= 15 is 0 Å². The normalized spacial score (nSPS) is 13.2. The molecule has 42 heavy (non-hydrogen) atoms. The van der Waals surface area contributed by atoms with Gasteiger partial charge in [-0.3, -0.25) is 19.0 Å². The van der Waals surface area contributed by atoms with Crippen LogP contribution in [0.15, 0.2) is 0 Å². The van der Waals surface area contributed by atoms with Crippen LogP contribution in [0, 0.1) is 11.8 Å². The molecule has 0 saturated heterocycles. The molecule has 3 atom stereocenters. The van der Waals surface area contributed by atoms with Crippen molar-refractivity contribution in [3.05, 3.63) is 0 Å². The highest BCUT2D eigenvalue weighted by Crippen LogP contribution is 2.17. The number of hydrogen-bond donors (Lipinski definition) is 6. The summed E-state index contributed by atoms with van der Waals surface area (Å²) in [7, 11) is -4.76. The minimum atomic E-state index is -4.76. The number of nitrogens with zero attached hydrogens (tertiary/aromatic N) is 1. The monoisotopic (exact) mass is 632 g/mol. The fourth-order valence-corrected chi connectivity index (χ4v) is 4.24. The van der Waals surface area contributed by atoms with Crippen LogP contribution in [0.2, 0.25) is 0 Å². The topological polar surface area (TPSA) is 217 Å². The van der Waals surface area contributed by atoms with Crippen LogP contribution in [0.3, 0.4) is 0 Å². The van der Waals surface area contributed by atoms with Gasteiger partial charge in [0.2, 0.25) is 0 Å². The molecule has 0 aliphatic rings. The fraction of sp³-hybridized carbons (Fsp3) is 0.929. The van der Waals surface area contributed by atoms with Crippen molar-refractivity contribution < 1.29 is 52.5 Å². The Kier molecular flexibility index (Phi) is 33.3. The highest BCUT2D eigenvalue weighted by atomic mass is 32.2. The Labute approximate surface area is 253 Å². The number of nitrogens with two attached hydrogens (primary N) is 1. The number of carbonyl (C=O) groups is 2. The zero-order valence-electron chi connectivity index (χ0n) is 26.3. The fourth-order valence-electron chi connectivity index (χ4n) is 3.58. The Morgan fingerprint density at radius 2 is 1.17 bits per heavy atom. The SMILES string of the molecule is CCCCC(CC)COC(=O)CC(C(=O)OCC(CC)CCCC)S(=O)(=O)O.NCCO.OCCN(CCO)CCO. The van der Waals surface area contributed by atoms with E-state index < -0.39 is 33.7 Å². The highest BCUT2D eigenvalue weighted by Gasteiger charge is 2.36. The van der Waals surface area contributed by atoms with Gasteiger partial charge in [-0.05, 0) is 24.7 Å². The summed E-state index contributed by atoms with van der Waals surface area (Å²) < 4.78 is 42.8. The minimum Gasteiger partial charge on any atom is -0.465 e. The summed E-state index contributed by atoms with van der Waals surface area (Å²) in [6.07, 6.45) is 6.74. The largest absolute Gasteiger partial charge is 0.465 e. The molecule has 0 radical (unpaired) electrons. The third-order valence-electron chi connectivity index (χ3n) is 6.38. The van der Waals surface area contributed by atoms with Crippen LogP contribution < -0.4 is 5.73 Å². The van der Waals surface area contributed by atoms with E-state index in [0.717, 1.165) is 51.4 Å². The van der Waals surface area contributed by atoms with Gasteiger partial charge in [0.05, 0.1) is 46.1 Å². The van der Waals surface area contributed by atoms with Crippen LogP contribution in [0.1, 0.15) is 85.5 Å². The van der Waals surface area contributed by atoms with Crippen LogP contribution in [-0.2, 0) is 29.2 Å². The van der Waals surface area contributed by atoms with Gasteiger partial charge in [0.1, 0.15) is 0 Å². The molecule has 0 amide bonds. The van der Waals surface area contributed by atoms with Gasteiger partial charge in [0.25, 0.3) is 10.1 Å². The molecule has 0 saturated carbocycles. The number of esters is 2. The van der Waals surface area contributed by atoms with Gasteiger partial charge < -0.3 is 35.6 Å². The molecule has 14 heteroatoms. The number of aliphatic hydroxyl groups is 4. The van der Waals surface area contributed by atoms with E-state index in [9.17, 15) is 22.6 Å². The second kappa shape index (κ2) is 31.0. The van der Waals surface area contributed by atoms with Crippen LogP contribution in [-0.4, -0.2) is 121 Å². The van der Waals surface area contributed by atoms with Gasteiger partial charge >= 0.3 is 11.9 Å². The van der Waals surface area contributed by atoms with E-state index in [0.29, 0.717) is 26.2 Å². The molecule has 7 N–H and O–H groups in total. The summed E-state index contributed by atoms with van der Waals surface area (Å²) in [6.45, 7) is 10.6. The summed E-state index contributed by atoms with van der Waals surface area (Å²) in [5.74, 6) is -1.61. The summed E-state index contributed by atoms with van der Waals surface area (Å²) >= 11 is 0. The van der Waals surface area contributed by atoms with Crippen molar-refractivity contribution in [2.75, 3.05) is 65.8 Å². The number of rotatable bonds is 23. The first-order valence-corrected chi connectivity index (χ1v) is 16.6. The van der Waals surface area contributed by atoms with E-state index in [1.807, 2.05) is 13.8 Å². The molecule has 0 aliphatic carbocycles. The lowest BCUT2D eigenvalue weighted by Crippen LogP contribution is -2.35. The van der Waals surface area contributed by atoms with E-state index in [1.165, 1.54) is 0 Å². The van der Waals surface area contributed by atoms with Crippen LogP contribution in [0.25, 0.3) is 0 Å². The van der Waals surface area contributed by atoms with Gasteiger partial charge in [-0.25, -0.2) is 0 Å². The Bertz CT molecular complexity index is 710. The van der Waals surface area contributed by atoms with Crippen LogP contribution in [0.4, 0.5) is 0 Å². The average Bonchev–Trinajstić information content (AvgIpc) is 2.96. The number of aliphatic hydroxyl groups excluding tert-OH is 4. The molecule has 0 rings (SSSR count). The number of hydrogen-bond acceptors (Lipinski definition) is 12. The quantitative estimate of drug-likeness (QED) is 0.0693. The zero-order chi connectivity index (χ0) is 32.8. The highest BCUT2D eigenvalue weighted by molar-refractivity contribution is 7.87. The predicted molar refractivity (Wildman–Crippen MR) is 162 cm³/mol. The van der Waals surface area contributed by atoms with Gasteiger partial charge in [-0.15, -0.1) is 0 Å². The van der Waals surface area contributed by atoms with Crippen molar-refractivity contribution in [1.82, 2.24) is 4.90 Å². The molecule has 0 aliphatic heterocycles. The molecular formula is C28H60N2O11S. The minimum absolute atomic E-state index is 0.0694. The molecule has 0 aromatic rings. The Hall–Kier alpha value is -1.39. The molecule has 254 valence electrons. The Morgan fingerprint density at radius 1 is 0.762 bits per heavy atom. The summed E-state index contributed by atoms with van der Waals surface area (Å²) in [6, 6.07) is 0. The van der Waals surface area contributed by atoms with Crippen molar-refractivity contribution in [2.24, 2.45) is 17.6 Å². The second-order valence-corrected chi connectivity index (χ2v) is 11.5. The lowest BCUT2D eigenvalue weighted by atomic mass is 10.0. The van der Waals surface area contributed by atoms with Gasteiger partial charge in [0.15, 0.2) is 5.25 Å². The van der Waals surface area contributed by atoms with E-state index in [-0.39, 0.29) is 51.5 Å². The maximum absolute atomic E-state index is 12.2. The molecule has 0 fully saturated rings. The molecule has 0 spiro atoms. The molecule has 0 aromatic heterocycles. The van der Waals surface area contributed by atoms with Gasteiger partial charge in [-0.1, -0.05) is 66.2 Å². The van der Waals surface area contributed by atoms with Crippen molar-refractivity contribution in [1.29, 1.82) is 0 Å². The standard InChI is InChI=1S/C20H38O7S.C6H15NO3.C2H7NO/c1-5-9-11-16(7-3)14-26-19(21)13-18(28(23,24)25)20(22)27-15-17(8-4)12-10-6-2;8-4-1-7(2-5-9)3-6-10;3-1-2-4/h16-18H,5-15H2,1-4H3,(H,23,24,25);8-10H,1-6H2;4H,1-3H2. The van der Waals surface area contributed by atoms with Gasteiger partial charge in [0, 0.05) is 26.2 Å². The average molecular weight is 633 g/mol. The molecule has 3 unspecified atom stereocenters. The lowest BCUT2D eigenvalue weighted by Gasteiger charge is -2.18. The number of carbonyl (C=O) groups excluding carboxylic acids is 2. The first kappa shape index (κ1) is 45.0. The summed E-state index contributed by atoms with van der Waals surface area (Å²) in [5.41, 5.74) is 4.78. The summed E-state index contributed by atoms with van der Waals surface area (Å²) in [4.78, 5) is 26.0. The molecule has 0 heterocycles. The molecule has 13 nitrogen and oxygen atoms in total. The maximum atomic E-state index is 12.2. The first-order valence-electron chi connectivity index (χ1n) is 15.1. The molecule has 0 aromatic carbocycles. The Balaban J connectivity index is -0.000000893. The second-order valence-electron chi connectivity index (χ2n) is 9.88. The molecular weight excluding hydrogens is 572 g/mol. The van der Waals surface area contributed by atoms with E-state index in [1.54, 1.807) is 4.90 Å².